The van der Waals surface area contributed by atoms with Crippen LogP contribution >= 0.6 is 11.3 Å². The highest BCUT2D eigenvalue weighted by atomic mass is 32.2. The minimum atomic E-state index is -3.44. The van der Waals surface area contributed by atoms with Crippen LogP contribution < -0.4 is 10.1 Å². The second-order valence-electron chi connectivity index (χ2n) is 8.02. The van der Waals surface area contributed by atoms with E-state index in [-0.39, 0.29) is 18.4 Å². The maximum atomic E-state index is 12.8. The Hall–Kier alpha value is -1.90. The normalized spacial score (nSPS) is 18.7. The van der Waals surface area contributed by atoms with Gasteiger partial charge in [-0.3, -0.25) is 4.79 Å². The first kappa shape index (κ1) is 21.3. The van der Waals surface area contributed by atoms with Crippen LogP contribution in [0, 0.1) is 5.92 Å². The maximum Gasteiger partial charge on any atom is 0.252 e. The van der Waals surface area contributed by atoms with Crippen molar-refractivity contribution in [3.63, 3.8) is 0 Å². The van der Waals surface area contributed by atoms with Gasteiger partial charge < -0.3 is 10.1 Å². The highest BCUT2D eigenvalue weighted by Crippen LogP contribution is 2.41. The van der Waals surface area contributed by atoms with Crippen LogP contribution in [0.4, 0.5) is 0 Å². The lowest BCUT2D eigenvalue weighted by molar-refractivity contribution is -0.121. The summed E-state index contributed by atoms with van der Waals surface area (Å²) in [5, 5.41) is 3.16. The highest BCUT2D eigenvalue weighted by Gasteiger charge is 2.33. The van der Waals surface area contributed by atoms with Crippen LogP contribution in [0.5, 0.6) is 5.75 Å². The number of carbonyl (C=O) groups is 1. The van der Waals surface area contributed by atoms with Crippen LogP contribution in [0.2, 0.25) is 0 Å². The Kier molecular flexibility index (Phi) is 6.46. The molecule has 0 spiro atoms. The number of hydrogen-bond donors (Lipinski definition) is 1. The minimum Gasteiger partial charge on any atom is -0.497 e. The minimum absolute atomic E-state index is 0.0140. The van der Waals surface area contributed by atoms with Gasteiger partial charge in [-0.25, -0.2) is 8.42 Å². The van der Waals surface area contributed by atoms with Crippen molar-refractivity contribution in [2.45, 2.75) is 48.8 Å². The van der Waals surface area contributed by atoms with Gasteiger partial charge in [0.25, 0.3) is 10.0 Å². The first-order chi connectivity index (χ1) is 14.5. The summed E-state index contributed by atoms with van der Waals surface area (Å²) >= 11 is 1.21. The number of rotatable bonds is 8. The number of amides is 1. The first-order valence-electron chi connectivity index (χ1n) is 10.5. The van der Waals surface area contributed by atoms with E-state index in [9.17, 15) is 13.2 Å². The average Bonchev–Trinajstić information content (AvgIpc) is 3.50. The molecule has 8 heteroatoms. The highest BCUT2D eigenvalue weighted by molar-refractivity contribution is 7.91. The van der Waals surface area contributed by atoms with Gasteiger partial charge >= 0.3 is 0 Å². The van der Waals surface area contributed by atoms with Crippen molar-refractivity contribution in [1.82, 2.24) is 9.62 Å². The van der Waals surface area contributed by atoms with Gasteiger partial charge in [-0.05, 0) is 61.4 Å². The molecule has 2 aromatic rings. The molecule has 0 radical (unpaired) electrons. The van der Waals surface area contributed by atoms with Crippen LogP contribution in [0.1, 0.15) is 48.6 Å². The molecule has 1 amide bonds. The van der Waals surface area contributed by atoms with E-state index < -0.39 is 10.0 Å². The Balaban J connectivity index is 1.41. The molecule has 1 N–H and O–H groups in total. The predicted molar refractivity (Wildman–Crippen MR) is 117 cm³/mol. The Bertz CT molecular complexity index is 975. The van der Waals surface area contributed by atoms with E-state index in [2.05, 4.69) is 5.32 Å². The number of carbonyl (C=O) groups excluding carboxylic acids is 1. The van der Waals surface area contributed by atoms with E-state index in [4.69, 9.17) is 4.74 Å². The first-order valence-corrected chi connectivity index (χ1v) is 12.8. The lowest BCUT2D eigenvalue weighted by atomic mass is 10.0. The Morgan fingerprint density at radius 3 is 2.47 bits per heavy atom. The quantitative estimate of drug-likeness (QED) is 0.668. The molecule has 1 aliphatic heterocycles. The van der Waals surface area contributed by atoms with Crippen molar-refractivity contribution in [3.8, 4) is 5.75 Å². The molecule has 2 fully saturated rings. The zero-order chi connectivity index (χ0) is 21.1. The molecule has 1 aromatic heterocycles. The molecule has 0 bridgehead atoms. The Morgan fingerprint density at radius 1 is 1.13 bits per heavy atom. The number of ether oxygens (including phenoxy) is 1. The van der Waals surface area contributed by atoms with E-state index >= 15 is 0 Å². The number of sulfonamides is 1. The predicted octanol–water partition coefficient (Wildman–Crippen LogP) is 3.74. The fourth-order valence-electron chi connectivity index (χ4n) is 3.92. The molecule has 1 aromatic carbocycles. The summed E-state index contributed by atoms with van der Waals surface area (Å²) in [5.41, 5.74) is 1.08. The third-order valence-corrected chi connectivity index (χ3v) is 9.22. The fourth-order valence-corrected chi connectivity index (χ4v) is 6.95. The van der Waals surface area contributed by atoms with Crippen molar-refractivity contribution < 1.29 is 17.9 Å². The fraction of sp³-hybridized carbons (Fsp3) is 0.500. The number of methoxy groups -OCH3 is 1. The summed E-state index contributed by atoms with van der Waals surface area (Å²) in [6, 6.07) is 11.2. The monoisotopic (exact) mass is 448 g/mol. The number of nitrogens with one attached hydrogen (secondary N) is 1. The summed E-state index contributed by atoms with van der Waals surface area (Å²) in [7, 11) is -1.81. The van der Waals surface area contributed by atoms with Crippen molar-refractivity contribution in [2.75, 3.05) is 20.2 Å². The van der Waals surface area contributed by atoms with Crippen LogP contribution in [-0.4, -0.2) is 38.8 Å². The number of hydrogen-bond acceptors (Lipinski definition) is 5. The molecule has 1 aliphatic carbocycles. The van der Waals surface area contributed by atoms with E-state index in [1.165, 1.54) is 11.3 Å². The molecule has 30 heavy (non-hydrogen) atoms. The topological polar surface area (TPSA) is 75.7 Å². The van der Waals surface area contributed by atoms with Gasteiger partial charge in [0.15, 0.2) is 0 Å². The summed E-state index contributed by atoms with van der Waals surface area (Å²) < 4.78 is 32.8. The third-order valence-electron chi connectivity index (χ3n) is 5.77. The molecule has 6 nitrogen and oxygen atoms in total. The van der Waals surface area contributed by atoms with Crippen molar-refractivity contribution in [2.24, 2.45) is 5.92 Å². The SMILES string of the molecule is COc1ccc(C(NC(=O)Cc2ccc(S(=O)(=O)N3CCCCC3)s2)C2CC2)cc1. The van der Waals surface area contributed by atoms with Gasteiger partial charge in [0.2, 0.25) is 5.91 Å². The molecular weight excluding hydrogens is 420 g/mol. The number of nitrogens with zero attached hydrogens (tertiary/aromatic N) is 1. The van der Waals surface area contributed by atoms with E-state index in [0.29, 0.717) is 23.2 Å². The zero-order valence-corrected chi connectivity index (χ0v) is 18.8. The summed E-state index contributed by atoms with van der Waals surface area (Å²) in [4.78, 5) is 13.5. The molecule has 1 saturated heterocycles. The van der Waals surface area contributed by atoms with E-state index in [1.54, 1.807) is 23.5 Å². The maximum absolute atomic E-state index is 12.8. The smallest absolute Gasteiger partial charge is 0.252 e. The van der Waals surface area contributed by atoms with Gasteiger partial charge in [0, 0.05) is 18.0 Å². The van der Waals surface area contributed by atoms with Gasteiger partial charge in [-0.2, -0.15) is 4.31 Å². The molecule has 1 saturated carbocycles. The standard InChI is InChI=1S/C22H28N2O4S2/c1-28-18-9-7-17(8-10-18)22(16-5-6-16)23-20(25)15-19-11-12-21(29-19)30(26,27)24-13-3-2-4-14-24/h7-12,16,22H,2-6,13-15H2,1H3,(H,23,25). The molecule has 1 unspecified atom stereocenters. The summed E-state index contributed by atoms with van der Waals surface area (Å²) in [5.74, 6) is 1.17. The average molecular weight is 449 g/mol. The van der Waals surface area contributed by atoms with Crippen molar-refractivity contribution >= 4 is 27.3 Å². The largest absolute Gasteiger partial charge is 0.497 e. The molecule has 1 atom stereocenters. The third kappa shape index (κ3) is 4.87. The van der Waals surface area contributed by atoms with E-state index in [1.807, 2.05) is 24.3 Å². The van der Waals surface area contributed by atoms with Crippen LogP contribution in [0.15, 0.2) is 40.6 Å². The molecular formula is C22H28N2O4S2. The van der Waals surface area contributed by atoms with Gasteiger partial charge in [-0.15, -0.1) is 11.3 Å². The second-order valence-corrected chi connectivity index (χ2v) is 11.4. The van der Waals surface area contributed by atoms with Gasteiger partial charge in [-0.1, -0.05) is 18.6 Å². The lowest BCUT2D eigenvalue weighted by Crippen LogP contribution is -2.35. The van der Waals surface area contributed by atoms with Crippen molar-refractivity contribution in [3.05, 3.63) is 46.8 Å². The zero-order valence-electron chi connectivity index (χ0n) is 17.2. The van der Waals surface area contributed by atoms with Gasteiger partial charge in [0.1, 0.15) is 9.96 Å². The Labute approximate surface area is 182 Å². The number of piperidine rings is 1. The number of benzene rings is 1. The second kappa shape index (κ2) is 9.08. The van der Waals surface area contributed by atoms with Crippen LogP contribution in [0.25, 0.3) is 0 Å². The number of thiophene rings is 1. The summed E-state index contributed by atoms with van der Waals surface area (Å²) in [6.45, 7) is 1.17. The van der Waals surface area contributed by atoms with Crippen LogP contribution in [0.3, 0.4) is 0 Å². The molecule has 4 rings (SSSR count). The molecule has 162 valence electrons. The van der Waals surface area contributed by atoms with Crippen LogP contribution in [-0.2, 0) is 21.2 Å². The van der Waals surface area contributed by atoms with Crippen molar-refractivity contribution in [1.29, 1.82) is 0 Å². The molecule has 2 aliphatic rings. The summed E-state index contributed by atoms with van der Waals surface area (Å²) in [6.07, 6.45) is 5.31. The Morgan fingerprint density at radius 2 is 1.83 bits per heavy atom. The van der Waals surface area contributed by atoms with E-state index in [0.717, 1.165) is 48.3 Å². The van der Waals surface area contributed by atoms with Gasteiger partial charge in [0.05, 0.1) is 19.6 Å². The lowest BCUT2D eigenvalue weighted by Gasteiger charge is -2.25. The molecule has 2 heterocycles.